The van der Waals surface area contributed by atoms with Crippen LogP contribution in [0.2, 0.25) is 0 Å². The molecule has 6 aromatic heterocycles. The third-order valence-electron chi connectivity index (χ3n) is 4.77. The number of aromatic amines is 2. The Kier molecular flexibility index (Phi) is 3.50. The molecule has 29 heavy (non-hydrogen) atoms. The zero-order valence-electron chi connectivity index (χ0n) is 15.0. The maximum atomic E-state index is 4.83. The molecule has 2 N–H and O–H groups in total. The highest BCUT2D eigenvalue weighted by atomic mass is 32.1. The van der Waals surface area contributed by atoms with Crippen molar-refractivity contribution in [1.82, 2.24) is 35.1 Å². The molecule has 0 bridgehead atoms. The number of rotatable bonds is 3. The molecule has 0 amide bonds. The Balaban J connectivity index is 1.53. The van der Waals surface area contributed by atoms with Gasteiger partial charge in [0.15, 0.2) is 17.1 Å². The zero-order valence-corrected chi connectivity index (χ0v) is 15.8. The number of thiophene rings is 1. The largest absolute Gasteiger partial charge is 0.321 e. The summed E-state index contributed by atoms with van der Waals surface area (Å²) in [7, 11) is 0. The number of nitrogens with one attached hydrogen (secondary N) is 2. The standard InChI is InChI=1S/C21H13N7S/c1-2-7-22-15(4-1)12-10-14-18(27-28-19(14)24-11-12)21-25-17-13(16-5-3-9-29-16)6-8-23-20(17)26-21/h1-11H,(H,23,25,26)(H,24,27,28). The topological polar surface area (TPSA) is 96.0 Å². The number of hydrogen-bond acceptors (Lipinski definition) is 6. The molecule has 0 radical (unpaired) electrons. The molecule has 7 nitrogen and oxygen atoms in total. The lowest BCUT2D eigenvalue weighted by molar-refractivity contribution is 1.09. The van der Waals surface area contributed by atoms with Crippen molar-refractivity contribution in [1.29, 1.82) is 0 Å². The molecule has 6 rings (SSSR count). The number of imidazole rings is 1. The first-order valence-corrected chi connectivity index (χ1v) is 9.89. The first-order chi connectivity index (χ1) is 14.4. The van der Waals surface area contributed by atoms with Gasteiger partial charge in [0.1, 0.15) is 11.2 Å². The van der Waals surface area contributed by atoms with Crippen molar-refractivity contribution in [2.75, 3.05) is 0 Å². The van der Waals surface area contributed by atoms with Crippen molar-refractivity contribution in [2.45, 2.75) is 0 Å². The van der Waals surface area contributed by atoms with Gasteiger partial charge in [-0.05, 0) is 35.7 Å². The average Bonchev–Trinajstić information content (AvgIpc) is 3.52. The van der Waals surface area contributed by atoms with E-state index in [-0.39, 0.29) is 0 Å². The van der Waals surface area contributed by atoms with Crippen LogP contribution in [0, 0.1) is 0 Å². The highest BCUT2D eigenvalue weighted by Gasteiger charge is 2.17. The van der Waals surface area contributed by atoms with Crippen molar-refractivity contribution in [3.05, 3.63) is 66.4 Å². The van der Waals surface area contributed by atoms with Gasteiger partial charge in [0.25, 0.3) is 0 Å². The summed E-state index contributed by atoms with van der Waals surface area (Å²) in [6.07, 6.45) is 5.36. The second-order valence-corrected chi connectivity index (χ2v) is 7.47. The Morgan fingerprint density at radius 3 is 2.76 bits per heavy atom. The molecule has 0 unspecified atom stereocenters. The van der Waals surface area contributed by atoms with Gasteiger partial charge in [-0.15, -0.1) is 11.3 Å². The van der Waals surface area contributed by atoms with Crippen LogP contribution in [0.1, 0.15) is 0 Å². The van der Waals surface area contributed by atoms with Crippen molar-refractivity contribution >= 4 is 33.5 Å². The monoisotopic (exact) mass is 395 g/mol. The molecule has 0 aliphatic heterocycles. The molecular formula is C21H13N7S. The van der Waals surface area contributed by atoms with Crippen LogP contribution in [0.4, 0.5) is 0 Å². The van der Waals surface area contributed by atoms with Crippen molar-refractivity contribution in [3.63, 3.8) is 0 Å². The Hall–Kier alpha value is -3.91. The lowest BCUT2D eigenvalue weighted by Gasteiger charge is -2.00. The van der Waals surface area contributed by atoms with Gasteiger partial charge in [0.2, 0.25) is 0 Å². The quantitative estimate of drug-likeness (QED) is 0.453. The van der Waals surface area contributed by atoms with Crippen LogP contribution in [0.25, 0.3) is 55.4 Å². The van der Waals surface area contributed by atoms with E-state index in [9.17, 15) is 0 Å². The molecule has 0 atom stereocenters. The van der Waals surface area contributed by atoms with E-state index in [1.807, 2.05) is 36.4 Å². The van der Waals surface area contributed by atoms with E-state index in [2.05, 4.69) is 41.6 Å². The minimum atomic E-state index is 0.655. The summed E-state index contributed by atoms with van der Waals surface area (Å²) in [5, 5.41) is 10.4. The smallest absolute Gasteiger partial charge is 0.161 e. The predicted molar refractivity (Wildman–Crippen MR) is 113 cm³/mol. The number of pyridine rings is 3. The lowest BCUT2D eigenvalue weighted by Crippen LogP contribution is -1.85. The van der Waals surface area contributed by atoms with Gasteiger partial charge < -0.3 is 4.98 Å². The molecule has 0 saturated heterocycles. The lowest BCUT2D eigenvalue weighted by atomic mass is 10.1. The van der Waals surface area contributed by atoms with Crippen LogP contribution in [-0.2, 0) is 0 Å². The number of H-pyrrole nitrogens is 2. The second-order valence-electron chi connectivity index (χ2n) is 6.53. The van der Waals surface area contributed by atoms with E-state index in [4.69, 9.17) is 4.98 Å². The number of aromatic nitrogens is 7. The Bertz CT molecular complexity index is 1450. The molecule has 6 heterocycles. The summed E-state index contributed by atoms with van der Waals surface area (Å²) in [5.41, 5.74) is 5.81. The molecule has 0 aliphatic carbocycles. The van der Waals surface area contributed by atoms with Gasteiger partial charge >= 0.3 is 0 Å². The second kappa shape index (κ2) is 6.32. The predicted octanol–water partition coefficient (Wildman–Crippen LogP) is 4.69. The van der Waals surface area contributed by atoms with Gasteiger partial charge in [0, 0.05) is 34.6 Å². The van der Waals surface area contributed by atoms with E-state index < -0.39 is 0 Å². The fourth-order valence-corrected chi connectivity index (χ4v) is 4.16. The van der Waals surface area contributed by atoms with Crippen molar-refractivity contribution < 1.29 is 0 Å². The molecule has 0 saturated carbocycles. The minimum Gasteiger partial charge on any atom is -0.321 e. The number of nitrogens with zero attached hydrogens (tertiary/aromatic N) is 5. The van der Waals surface area contributed by atoms with Crippen LogP contribution >= 0.6 is 11.3 Å². The number of fused-ring (bicyclic) bond motifs is 2. The average molecular weight is 395 g/mol. The van der Waals surface area contributed by atoms with E-state index >= 15 is 0 Å². The van der Waals surface area contributed by atoms with Gasteiger partial charge in [0.05, 0.1) is 11.1 Å². The van der Waals surface area contributed by atoms with Crippen molar-refractivity contribution in [3.8, 4) is 33.2 Å². The molecule has 138 valence electrons. The molecule has 0 spiro atoms. The van der Waals surface area contributed by atoms with E-state index in [1.165, 1.54) is 0 Å². The van der Waals surface area contributed by atoms with Crippen LogP contribution < -0.4 is 0 Å². The first-order valence-electron chi connectivity index (χ1n) is 9.01. The highest BCUT2D eigenvalue weighted by molar-refractivity contribution is 7.13. The van der Waals surface area contributed by atoms with Crippen LogP contribution in [0.5, 0.6) is 0 Å². The highest BCUT2D eigenvalue weighted by Crippen LogP contribution is 2.33. The summed E-state index contributed by atoms with van der Waals surface area (Å²) in [6, 6.07) is 13.9. The fourth-order valence-electron chi connectivity index (χ4n) is 3.41. The molecule has 0 fully saturated rings. The zero-order chi connectivity index (χ0) is 19.2. The van der Waals surface area contributed by atoms with Gasteiger partial charge in [-0.25, -0.2) is 15.0 Å². The SMILES string of the molecule is c1ccc(-c2cnc3[nH]nc(-c4nc5c(-c6cccs6)ccnc5[nH]4)c3c2)nc1. The Morgan fingerprint density at radius 1 is 0.897 bits per heavy atom. The van der Waals surface area contributed by atoms with Crippen LogP contribution in [-0.4, -0.2) is 35.1 Å². The third kappa shape index (κ3) is 2.61. The summed E-state index contributed by atoms with van der Waals surface area (Å²) >= 11 is 1.68. The molecule has 0 aliphatic rings. The third-order valence-corrected chi connectivity index (χ3v) is 5.68. The van der Waals surface area contributed by atoms with Crippen molar-refractivity contribution in [2.24, 2.45) is 0 Å². The van der Waals surface area contributed by atoms with Gasteiger partial charge in [-0.2, -0.15) is 5.10 Å². The van der Waals surface area contributed by atoms with Gasteiger partial charge in [-0.3, -0.25) is 10.1 Å². The fraction of sp³-hybridized carbons (Fsp3) is 0. The summed E-state index contributed by atoms with van der Waals surface area (Å²) in [5.74, 6) is 0.655. The molecule has 6 aromatic rings. The number of hydrogen-bond donors (Lipinski definition) is 2. The first kappa shape index (κ1) is 16.1. The Labute approximate surface area is 168 Å². The summed E-state index contributed by atoms with van der Waals surface area (Å²) in [6.45, 7) is 0. The van der Waals surface area contributed by atoms with Crippen LogP contribution in [0.3, 0.4) is 0 Å². The minimum absolute atomic E-state index is 0.655. The summed E-state index contributed by atoms with van der Waals surface area (Å²) < 4.78 is 0. The maximum absolute atomic E-state index is 4.83. The van der Waals surface area contributed by atoms with Crippen LogP contribution in [0.15, 0.2) is 66.4 Å². The summed E-state index contributed by atoms with van der Waals surface area (Å²) in [4.78, 5) is 22.7. The maximum Gasteiger partial charge on any atom is 0.161 e. The molecule has 0 aromatic carbocycles. The molecule has 8 heteroatoms. The Morgan fingerprint density at radius 2 is 1.90 bits per heavy atom. The molecular weight excluding hydrogens is 382 g/mol. The van der Waals surface area contributed by atoms with E-state index in [0.717, 1.165) is 38.2 Å². The van der Waals surface area contributed by atoms with Gasteiger partial charge in [-0.1, -0.05) is 12.1 Å². The normalized spacial score (nSPS) is 11.4. The van der Waals surface area contributed by atoms with E-state index in [0.29, 0.717) is 17.2 Å². The van der Waals surface area contributed by atoms with E-state index in [1.54, 1.807) is 29.9 Å².